The molecule has 0 bridgehead atoms. The number of benzene rings is 2. The predicted octanol–water partition coefficient (Wildman–Crippen LogP) is 7.94. The normalized spacial score (nSPS) is 21.3. The molecule has 0 N–H and O–H groups in total. The highest BCUT2D eigenvalue weighted by molar-refractivity contribution is 8.22. The van der Waals surface area contributed by atoms with Gasteiger partial charge in [0.15, 0.2) is 0 Å². The van der Waals surface area contributed by atoms with Gasteiger partial charge in [-0.15, -0.1) is 0 Å². The van der Waals surface area contributed by atoms with Crippen LogP contribution in [0, 0.1) is 13.8 Å². The molecule has 0 atom stereocenters. The molecule has 0 fully saturated rings. The van der Waals surface area contributed by atoms with Crippen molar-refractivity contribution in [2.75, 3.05) is 0 Å². The van der Waals surface area contributed by atoms with Crippen LogP contribution in [-0.4, -0.2) is 17.8 Å². The van der Waals surface area contributed by atoms with Crippen LogP contribution in [-0.2, 0) is 12.2 Å². The molecule has 1 radical (unpaired) electrons. The number of hydrogen-bond acceptors (Lipinski definition) is 0. The van der Waals surface area contributed by atoms with E-state index in [1.807, 2.05) is 56.3 Å². The van der Waals surface area contributed by atoms with Gasteiger partial charge in [-0.25, -0.2) is 0 Å². The minimum absolute atomic E-state index is 0.202. The van der Waals surface area contributed by atoms with Gasteiger partial charge in [-0.05, 0) is 58.1 Å². The summed E-state index contributed by atoms with van der Waals surface area (Å²) in [5, 5.41) is 1.68. The van der Waals surface area contributed by atoms with Gasteiger partial charge in [0.2, 0.25) is 0 Å². The highest BCUT2D eigenvalue weighted by Crippen LogP contribution is 2.60. The van der Waals surface area contributed by atoms with E-state index in [0.717, 1.165) is 22.3 Å². The molecular formula is C25H21F6S. The van der Waals surface area contributed by atoms with E-state index >= 15 is 0 Å². The lowest BCUT2D eigenvalue weighted by Gasteiger charge is -2.26. The highest BCUT2D eigenvalue weighted by Gasteiger charge is 2.77. The summed E-state index contributed by atoms with van der Waals surface area (Å²) in [4.78, 5) is 0.474. The molecule has 2 aliphatic rings. The summed E-state index contributed by atoms with van der Waals surface area (Å²) in [5.74, 6) is -14.9. The quantitative estimate of drug-likeness (QED) is 0.392. The van der Waals surface area contributed by atoms with E-state index in [1.54, 1.807) is 11.5 Å². The lowest BCUT2D eigenvalue weighted by molar-refractivity contribution is -0.261. The van der Waals surface area contributed by atoms with Crippen molar-refractivity contribution in [3.63, 3.8) is 0 Å². The Morgan fingerprint density at radius 1 is 0.781 bits per heavy atom. The number of allylic oxidation sites excluding steroid dienone is 5. The second kappa shape index (κ2) is 7.87. The van der Waals surface area contributed by atoms with Gasteiger partial charge in [0.25, 0.3) is 0 Å². The zero-order valence-electron chi connectivity index (χ0n) is 17.4. The first-order valence-corrected chi connectivity index (χ1v) is 11.5. The number of hydrogen-bond donors (Lipinski definition) is 0. The van der Waals surface area contributed by atoms with Crippen LogP contribution in [0.3, 0.4) is 0 Å². The largest absolute Gasteiger partial charge is 0.380 e. The molecule has 169 valence electrons. The fourth-order valence-electron chi connectivity index (χ4n) is 3.94. The zero-order valence-corrected chi connectivity index (χ0v) is 18.3. The fourth-order valence-corrected chi connectivity index (χ4v) is 6.13. The molecule has 1 aliphatic carbocycles. The maximum Gasteiger partial charge on any atom is 0.380 e. The van der Waals surface area contributed by atoms with Crippen molar-refractivity contribution in [3.8, 4) is 0 Å². The lowest BCUT2D eigenvalue weighted by Crippen LogP contribution is -2.48. The van der Waals surface area contributed by atoms with E-state index in [1.165, 1.54) is 6.08 Å². The molecule has 4 rings (SSSR count). The number of alkyl halides is 6. The van der Waals surface area contributed by atoms with Crippen LogP contribution in [0.25, 0.3) is 0 Å². The molecule has 0 unspecified atom stereocenters. The third-order valence-electron chi connectivity index (χ3n) is 5.97. The van der Waals surface area contributed by atoms with Crippen molar-refractivity contribution < 1.29 is 26.3 Å². The van der Waals surface area contributed by atoms with Gasteiger partial charge in [0.1, 0.15) is 0 Å². The van der Waals surface area contributed by atoms with E-state index in [9.17, 15) is 26.3 Å². The molecule has 1 aliphatic heterocycles. The Hall–Kier alpha value is -2.41. The summed E-state index contributed by atoms with van der Waals surface area (Å²) in [6, 6.07) is 14.9. The molecule has 1 heterocycles. The second-order valence-electron chi connectivity index (χ2n) is 8.07. The average molecular weight is 467 g/mol. The summed E-state index contributed by atoms with van der Waals surface area (Å²) < 4.78 is 84.8. The number of halogens is 6. The molecule has 0 spiro atoms. The zero-order chi connectivity index (χ0) is 23.3. The van der Waals surface area contributed by atoms with Gasteiger partial charge in [0.05, 0.1) is 0 Å². The first-order valence-electron chi connectivity index (χ1n) is 10.0. The van der Waals surface area contributed by atoms with Crippen LogP contribution in [0.5, 0.6) is 0 Å². The van der Waals surface area contributed by atoms with Crippen molar-refractivity contribution in [2.45, 2.75) is 43.8 Å². The maximum atomic E-state index is 14.6. The topological polar surface area (TPSA) is 0 Å². The Balaban J connectivity index is 1.82. The van der Waals surface area contributed by atoms with Crippen molar-refractivity contribution >= 4 is 10.9 Å². The van der Waals surface area contributed by atoms with Crippen molar-refractivity contribution in [3.05, 3.63) is 104 Å². The van der Waals surface area contributed by atoms with Crippen LogP contribution in [0.1, 0.15) is 22.3 Å². The summed E-state index contributed by atoms with van der Waals surface area (Å²) in [6.45, 7) is 3.79. The van der Waals surface area contributed by atoms with Gasteiger partial charge in [-0.1, -0.05) is 48.5 Å². The van der Waals surface area contributed by atoms with Crippen LogP contribution in [0.4, 0.5) is 26.3 Å². The lowest BCUT2D eigenvalue weighted by atomic mass is 9.97. The standard InChI is InChI=1S/C25H21F6S/c1-16-7-3-5-9-18(16)13-22-20(21-14-23(26,27)25(30,31)24(21,28)29)11-12-32(22)15-19-10-6-4-8-17(19)2/h3-12,14H,13,15H2,1-2H3. The molecule has 2 aromatic carbocycles. The van der Waals surface area contributed by atoms with E-state index < -0.39 is 34.2 Å². The van der Waals surface area contributed by atoms with Crippen molar-refractivity contribution in [2.24, 2.45) is 0 Å². The van der Waals surface area contributed by atoms with E-state index in [4.69, 9.17) is 0 Å². The van der Waals surface area contributed by atoms with Crippen LogP contribution in [0.15, 0.2) is 82.1 Å². The maximum absolute atomic E-state index is 14.6. The molecule has 2 aromatic rings. The SMILES string of the molecule is Cc1ccccc1CC1=C(C2=CC(F)(F)C(F)(F)C2(F)F)C=C[S]1Cc1ccccc1C. The number of rotatable bonds is 5. The van der Waals surface area contributed by atoms with Crippen LogP contribution in [0.2, 0.25) is 0 Å². The predicted molar refractivity (Wildman–Crippen MR) is 116 cm³/mol. The smallest absolute Gasteiger partial charge is 0.195 e. The Bertz CT molecular complexity index is 1140. The Labute approximate surface area is 185 Å². The van der Waals surface area contributed by atoms with E-state index in [-0.39, 0.29) is 18.1 Å². The summed E-state index contributed by atoms with van der Waals surface area (Å²) in [5.41, 5.74) is 2.27. The molecule has 0 saturated heterocycles. The van der Waals surface area contributed by atoms with E-state index in [0.29, 0.717) is 10.7 Å². The van der Waals surface area contributed by atoms with Gasteiger partial charge in [-0.3, -0.25) is 0 Å². The van der Waals surface area contributed by atoms with Crippen LogP contribution < -0.4 is 0 Å². The first-order chi connectivity index (χ1) is 15.0. The first kappa shape index (κ1) is 22.8. The fraction of sp³-hybridized carbons (Fsp3) is 0.280. The molecule has 0 aromatic heterocycles. The minimum atomic E-state index is -5.47. The number of aryl methyl sites for hydroxylation is 2. The Kier molecular flexibility index (Phi) is 5.60. The Morgan fingerprint density at radius 3 is 1.88 bits per heavy atom. The molecule has 0 amide bonds. The molecule has 32 heavy (non-hydrogen) atoms. The second-order valence-corrected chi connectivity index (χ2v) is 9.98. The molecular weight excluding hydrogens is 446 g/mol. The average Bonchev–Trinajstić information content (AvgIpc) is 3.15. The van der Waals surface area contributed by atoms with Gasteiger partial charge >= 0.3 is 17.8 Å². The van der Waals surface area contributed by atoms with Crippen molar-refractivity contribution in [1.29, 1.82) is 0 Å². The monoisotopic (exact) mass is 467 g/mol. The molecule has 7 heteroatoms. The van der Waals surface area contributed by atoms with Gasteiger partial charge < -0.3 is 0 Å². The van der Waals surface area contributed by atoms with Crippen LogP contribution >= 0.6 is 10.9 Å². The summed E-state index contributed by atoms with van der Waals surface area (Å²) >= 11 is 0. The van der Waals surface area contributed by atoms with Crippen molar-refractivity contribution in [1.82, 2.24) is 0 Å². The summed E-state index contributed by atoms with van der Waals surface area (Å²) in [6.07, 6.45) is 1.28. The van der Waals surface area contributed by atoms with Gasteiger partial charge in [0, 0.05) is 23.8 Å². The third-order valence-corrected chi connectivity index (χ3v) is 8.05. The Morgan fingerprint density at radius 2 is 1.34 bits per heavy atom. The minimum Gasteiger partial charge on any atom is -0.195 e. The molecule has 0 saturated carbocycles. The highest BCUT2D eigenvalue weighted by atomic mass is 32.2. The summed E-state index contributed by atoms with van der Waals surface area (Å²) in [7, 11) is -0.709. The van der Waals surface area contributed by atoms with Gasteiger partial charge in [-0.2, -0.15) is 37.2 Å². The third kappa shape index (κ3) is 3.60. The van der Waals surface area contributed by atoms with E-state index in [2.05, 4.69) is 0 Å². The molecule has 0 nitrogen and oxygen atoms in total.